The zero-order chi connectivity index (χ0) is 58.9. The van der Waals surface area contributed by atoms with Crippen LogP contribution in [0.1, 0.15) is 99.5 Å². The fourth-order valence-corrected chi connectivity index (χ4v) is 10.4. The van der Waals surface area contributed by atoms with Gasteiger partial charge in [-0.05, 0) is 89.8 Å². The number of nitro groups is 1. The molecule has 9 atom stereocenters. The van der Waals surface area contributed by atoms with Gasteiger partial charge in [0.2, 0.25) is 33.7 Å². The number of carboxylic acid groups (broad SMARTS) is 2. The van der Waals surface area contributed by atoms with Crippen LogP contribution in [-0.4, -0.2) is 179 Å². The second kappa shape index (κ2) is 29.5. The van der Waals surface area contributed by atoms with Crippen LogP contribution in [0.25, 0.3) is 0 Å². The molecule has 2 aromatic rings. The normalized spacial score (nSPS) is 17.7. The molecule has 1 aliphatic rings. The summed E-state index contributed by atoms with van der Waals surface area (Å²) in [6.07, 6.45) is 2.42. The molecule has 3 rings (SSSR count). The zero-order valence-corrected chi connectivity index (χ0v) is 47.5. The summed E-state index contributed by atoms with van der Waals surface area (Å²) >= 11 is 0. The Labute approximate surface area is 457 Å². The van der Waals surface area contributed by atoms with Gasteiger partial charge in [0.05, 0.1) is 16.4 Å². The molecule has 3 unspecified atom stereocenters. The van der Waals surface area contributed by atoms with E-state index < -0.39 is 124 Å². The molecule has 6 amide bonds. The molecule has 2 aromatic carbocycles. The Hall–Kier alpha value is -7.21. The molecule has 0 radical (unpaired) electrons. The van der Waals surface area contributed by atoms with Gasteiger partial charge in [-0.3, -0.25) is 38.9 Å². The Balaban J connectivity index is 1.94. The van der Waals surface area contributed by atoms with Crippen LogP contribution >= 0.6 is 0 Å². The Morgan fingerprint density at radius 2 is 1.53 bits per heavy atom. The highest BCUT2D eigenvalue weighted by molar-refractivity contribution is 7.89. The number of hydrogen-bond donors (Lipinski definition) is 4. The van der Waals surface area contributed by atoms with Crippen LogP contribution in [0.2, 0.25) is 0 Å². The molecule has 24 heteroatoms. The first-order chi connectivity index (χ1) is 36.5. The first-order valence-corrected chi connectivity index (χ1v) is 27.3. The van der Waals surface area contributed by atoms with Crippen LogP contribution in [0, 0.1) is 22.0 Å². The van der Waals surface area contributed by atoms with E-state index >= 15 is 0 Å². The molecule has 1 aliphatic heterocycles. The molecule has 0 saturated carbocycles. The highest BCUT2D eigenvalue weighted by Gasteiger charge is 2.46. The highest BCUT2D eigenvalue weighted by atomic mass is 32.2. The summed E-state index contributed by atoms with van der Waals surface area (Å²) in [6, 6.07) is 6.18. The third-order valence-corrected chi connectivity index (χ3v) is 16.2. The van der Waals surface area contributed by atoms with Crippen LogP contribution in [0.4, 0.5) is 10.5 Å². The van der Waals surface area contributed by atoms with Gasteiger partial charge in [0.25, 0.3) is 11.6 Å². The topological polar surface area (TPSA) is 304 Å². The van der Waals surface area contributed by atoms with Crippen molar-refractivity contribution < 1.29 is 66.6 Å². The number of esters is 1. The molecule has 1 heterocycles. The van der Waals surface area contributed by atoms with Gasteiger partial charge in [-0.1, -0.05) is 75.2 Å². The van der Waals surface area contributed by atoms with E-state index in [2.05, 4.69) is 10.6 Å². The fourth-order valence-electron chi connectivity index (χ4n) is 9.03. The summed E-state index contributed by atoms with van der Waals surface area (Å²) in [5.41, 5.74) is 1.41. The standard InChI is InChI=1S/C54H78N8O15S/c1-13-33(3)27-34(4)19-18-22-40(30-42(31-58(10)54(71)72)60(12)78(75,76)43-25-23-41(24-26-43)62(73)74)53(70)77-45-28-36(6)61(51(45)67)38(8)49(65)59(11)44(29-39-20-16-15-17-21-39)50(66)57(9)32-46(63)56-47(35(5)14-2)48(64)55-37(7)52(68)69/h13,15-17,20-26,34-38,42,44-45,47H,14,18-19,27-32H2,1-12H3,(H,55,64)(H,56,63)(H,68,69)(H,71,72)/b33-13+,40-22+/t34-,35?,36?,37+,38+,42?,44+,45+,47-/m0/s1. The first kappa shape index (κ1) is 65.1. The number of nitrogens with one attached hydrogen (secondary N) is 2. The summed E-state index contributed by atoms with van der Waals surface area (Å²) in [5, 5.41) is 35.5. The number of carbonyl (C=O) groups is 8. The number of sulfonamides is 1. The highest BCUT2D eigenvalue weighted by Crippen LogP contribution is 2.29. The van der Waals surface area contributed by atoms with Crippen molar-refractivity contribution in [2.24, 2.45) is 11.8 Å². The molecule has 0 aromatic heterocycles. The van der Waals surface area contributed by atoms with Crippen molar-refractivity contribution in [1.29, 1.82) is 0 Å². The van der Waals surface area contributed by atoms with E-state index in [4.69, 9.17) is 4.74 Å². The van der Waals surface area contributed by atoms with Gasteiger partial charge in [0.15, 0.2) is 6.10 Å². The summed E-state index contributed by atoms with van der Waals surface area (Å²) in [6.45, 7) is 12.9. The minimum Gasteiger partial charge on any atom is -0.480 e. The average molecular weight is 1110 g/mol. The fraction of sp³-hybridized carbons (Fsp3) is 0.556. The van der Waals surface area contributed by atoms with Crippen LogP contribution in [0.3, 0.4) is 0 Å². The minimum absolute atomic E-state index is 0.00821. The maximum atomic E-state index is 14.6. The number of nitro benzene ring substituents is 1. The lowest BCUT2D eigenvalue weighted by Crippen LogP contribution is -2.57. The summed E-state index contributed by atoms with van der Waals surface area (Å²) < 4.78 is 34.9. The predicted molar refractivity (Wildman–Crippen MR) is 289 cm³/mol. The van der Waals surface area contributed by atoms with Crippen molar-refractivity contribution >= 4 is 63.3 Å². The third kappa shape index (κ3) is 17.9. The van der Waals surface area contributed by atoms with Crippen LogP contribution < -0.4 is 10.6 Å². The number of hydrogen-bond acceptors (Lipinski definition) is 13. The predicted octanol–water partition coefficient (Wildman–Crippen LogP) is 4.85. The Bertz CT molecular complexity index is 2650. The van der Waals surface area contributed by atoms with Gasteiger partial charge in [0, 0.05) is 77.4 Å². The third-order valence-electron chi connectivity index (χ3n) is 14.2. The summed E-state index contributed by atoms with van der Waals surface area (Å²) in [5.74, 6) is -5.99. The number of carboxylic acids is 1. The molecule has 430 valence electrons. The Kier molecular flexibility index (Phi) is 24.6. The van der Waals surface area contributed by atoms with E-state index in [1.54, 1.807) is 57.2 Å². The molecule has 1 fully saturated rings. The van der Waals surface area contributed by atoms with E-state index in [1.165, 1.54) is 51.8 Å². The minimum atomic E-state index is -4.46. The second-order valence-corrected chi connectivity index (χ2v) is 22.3. The molecule has 23 nitrogen and oxygen atoms in total. The van der Waals surface area contributed by atoms with Crippen molar-refractivity contribution in [3.05, 3.63) is 93.6 Å². The van der Waals surface area contributed by atoms with Gasteiger partial charge < -0.3 is 45.2 Å². The molecule has 0 spiro atoms. The summed E-state index contributed by atoms with van der Waals surface area (Å²) in [4.78, 5) is 123. The number of likely N-dealkylation sites (tertiary alicyclic amines) is 1. The largest absolute Gasteiger partial charge is 0.480 e. The lowest BCUT2D eigenvalue weighted by Gasteiger charge is -2.36. The van der Waals surface area contributed by atoms with Gasteiger partial charge in [-0.25, -0.2) is 18.0 Å². The maximum absolute atomic E-state index is 14.6. The molecule has 78 heavy (non-hydrogen) atoms. The van der Waals surface area contributed by atoms with Crippen molar-refractivity contribution in [1.82, 2.24) is 34.5 Å². The van der Waals surface area contributed by atoms with E-state index in [9.17, 15) is 67.1 Å². The van der Waals surface area contributed by atoms with E-state index in [0.29, 0.717) is 24.8 Å². The van der Waals surface area contributed by atoms with Gasteiger partial charge in [-0.15, -0.1) is 0 Å². The molecule has 0 aliphatic carbocycles. The number of nitrogens with zero attached hydrogens (tertiary/aromatic N) is 6. The number of rotatable bonds is 29. The summed E-state index contributed by atoms with van der Waals surface area (Å²) in [7, 11) is 0.707. The van der Waals surface area contributed by atoms with Gasteiger partial charge >= 0.3 is 18.0 Å². The van der Waals surface area contributed by atoms with Gasteiger partial charge in [-0.2, -0.15) is 4.31 Å². The van der Waals surface area contributed by atoms with Crippen molar-refractivity contribution in [3.8, 4) is 0 Å². The van der Waals surface area contributed by atoms with Crippen molar-refractivity contribution in [2.45, 2.75) is 148 Å². The maximum Gasteiger partial charge on any atom is 0.407 e. The van der Waals surface area contributed by atoms with Crippen molar-refractivity contribution in [3.63, 3.8) is 0 Å². The van der Waals surface area contributed by atoms with E-state index in [0.717, 1.165) is 50.4 Å². The number of amides is 6. The number of ether oxygens (including phenoxy) is 1. The second-order valence-electron chi connectivity index (χ2n) is 20.3. The molecular weight excluding hydrogens is 1030 g/mol. The molecule has 4 N–H and O–H groups in total. The Morgan fingerprint density at radius 3 is 2.08 bits per heavy atom. The van der Waals surface area contributed by atoms with E-state index in [1.807, 2.05) is 26.8 Å². The zero-order valence-electron chi connectivity index (χ0n) is 46.7. The van der Waals surface area contributed by atoms with Crippen molar-refractivity contribution in [2.75, 3.05) is 41.3 Å². The van der Waals surface area contributed by atoms with Crippen LogP contribution in [-0.2, 0) is 54.7 Å². The van der Waals surface area contributed by atoms with Gasteiger partial charge in [0.1, 0.15) is 24.2 Å². The number of non-ortho nitro benzene ring substituents is 1. The lowest BCUT2D eigenvalue weighted by atomic mass is 9.95. The van der Waals surface area contributed by atoms with E-state index in [-0.39, 0.29) is 41.3 Å². The van der Waals surface area contributed by atoms with Crippen LogP contribution in [0.5, 0.6) is 0 Å². The molecule has 1 saturated heterocycles. The average Bonchev–Trinajstić information content (AvgIpc) is 3.69. The number of carbonyl (C=O) groups excluding carboxylic acids is 6. The lowest BCUT2D eigenvalue weighted by molar-refractivity contribution is -0.384. The SMILES string of the molecule is C/C=C(\C)C[C@@H](C)CC/C=C(\CC(CN(C)C(=O)O)N(C)S(=O)(=O)c1ccc([N+](=O)[O-])cc1)C(=O)O[C@@H]1CC(C)N([C@H](C)C(=O)N(C)[C@H](Cc2ccccc2)C(=O)N(C)CC(=O)N[C@H](C(=O)N[C@H](C)C(=O)O)C(C)CC)C1=O. The monoisotopic (exact) mass is 1110 g/mol. The molecule has 0 bridgehead atoms. The number of aliphatic carboxylic acids is 1. The molecular formula is C54H78N8O15S. The van der Waals surface area contributed by atoms with Crippen LogP contribution in [0.15, 0.2) is 82.8 Å². The first-order valence-electron chi connectivity index (χ1n) is 25.9. The number of allylic oxidation sites excluding steroid dienone is 3. The number of likely N-dealkylation sites (N-methyl/N-ethyl adjacent to an activating group) is 4. The Morgan fingerprint density at radius 1 is 0.910 bits per heavy atom. The smallest absolute Gasteiger partial charge is 0.407 e. The number of benzene rings is 2. The quantitative estimate of drug-likeness (QED) is 0.0278.